The number of aromatic nitrogens is 2. The Morgan fingerprint density at radius 3 is 2.79 bits per heavy atom. The monoisotopic (exact) mass is 410 g/mol. The second-order valence-corrected chi connectivity index (χ2v) is 8.12. The van der Waals surface area contributed by atoms with E-state index in [4.69, 9.17) is 16.6 Å². The number of benzene rings is 2. The number of fused-ring (bicyclic) bond motifs is 1. The summed E-state index contributed by atoms with van der Waals surface area (Å²) in [6.45, 7) is 6.16. The Kier molecular flexibility index (Phi) is 6.16. The first-order chi connectivity index (χ1) is 14.1. The number of carbonyl (C=O) groups is 1. The van der Waals surface area contributed by atoms with Gasteiger partial charge in [0.25, 0.3) is 0 Å². The fourth-order valence-corrected chi connectivity index (χ4v) is 4.27. The smallest absolute Gasteiger partial charge is 0.224 e. The second kappa shape index (κ2) is 8.97. The van der Waals surface area contributed by atoms with Gasteiger partial charge in [-0.15, -0.1) is 0 Å². The number of halogens is 1. The number of aryl methyl sites for hydroxylation is 1. The van der Waals surface area contributed by atoms with Crippen LogP contribution in [0, 0.1) is 5.92 Å². The van der Waals surface area contributed by atoms with Crippen molar-refractivity contribution in [2.24, 2.45) is 5.92 Å². The first-order valence-electron chi connectivity index (χ1n) is 10.3. The summed E-state index contributed by atoms with van der Waals surface area (Å²) in [5.74, 6) is 1.24. The number of para-hydroxylation sites is 2. The van der Waals surface area contributed by atoms with E-state index in [-0.39, 0.29) is 11.8 Å². The van der Waals surface area contributed by atoms with Gasteiger partial charge in [-0.25, -0.2) is 4.98 Å². The molecule has 0 aliphatic carbocycles. The molecule has 2 heterocycles. The molecule has 152 valence electrons. The fraction of sp³-hybridized carbons (Fsp3) is 0.391. The Morgan fingerprint density at radius 2 is 2.00 bits per heavy atom. The highest BCUT2D eigenvalue weighted by Crippen LogP contribution is 2.22. The third-order valence-electron chi connectivity index (χ3n) is 5.67. The van der Waals surface area contributed by atoms with E-state index in [0.717, 1.165) is 55.9 Å². The average Bonchev–Trinajstić information content (AvgIpc) is 3.10. The zero-order chi connectivity index (χ0) is 20.2. The Labute approximate surface area is 176 Å². The van der Waals surface area contributed by atoms with Crippen LogP contribution in [0.25, 0.3) is 11.0 Å². The summed E-state index contributed by atoms with van der Waals surface area (Å²) in [6, 6.07) is 15.9. The molecule has 1 saturated heterocycles. The van der Waals surface area contributed by atoms with Gasteiger partial charge in [-0.05, 0) is 56.1 Å². The summed E-state index contributed by atoms with van der Waals surface area (Å²) in [4.78, 5) is 19.9. The number of hydrogen-bond donors (Lipinski definition) is 1. The molecule has 1 N–H and O–H groups in total. The molecule has 5 nitrogen and oxygen atoms in total. The van der Waals surface area contributed by atoms with E-state index in [1.165, 1.54) is 5.52 Å². The molecule has 0 radical (unpaired) electrons. The number of amides is 1. The summed E-state index contributed by atoms with van der Waals surface area (Å²) in [5, 5.41) is 3.80. The van der Waals surface area contributed by atoms with Crippen molar-refractivity contribution in [2.75, 3.05) is 13.1 Å². The van der Waals surface area contributed by atoms with E-state index in [1.54, 1.807) is 0 Å². The molecular formula is C23H27ClN4O. The van der Waals surface area contributed by atoms with Gasteiger partial charge in [0.1, 0.15) is 5.82 Å². The van der Waals surface area contributed by atoms with Crippen molar-refractivity contribution in [3.05, 3.63) is 64.9 Å². The quantitative estimate of drug-likeness (QED) is 0.661. The maximum absolute atomic E-state index is 12.7. The van der Waals surface area contributed by atoms with Crippen molar-refractivity contribution in [1.82, 2.24) is 19.8 Å². The van der Waals surface area contributed by atoms with Gasteiger partial charge in [0.2, 0.25) is 5.91 Å². The number of nitrogens with one attached hydrogen (secondary N) is 1. The van der Waals surface area contributed by atoms with Crippen LogP contribution in [0.1, 0.15) is 31.2 Å². The minimum atomic E-state index is 0.0236. The standard InChI is InChI=1S/C23H27ClN4O/c1-2-28-21-8-4-3-7-20(21)26-22(28)16-27-13-5-6-18(15-27)23(29)25-14-17-9-11-19(24)12-10-17/h3-4,7-12,18H,2,5-6,13-16H2,1H3,(H,25,29)/t18-/m1/s1. The lowest BCUT2D eigenvalue weighted by atomic mass is 9.97. The van der Waals surface area contributed by atoms with E-state index in [1.807, 2.05) is 30.3 Å². The normalized spacial score (nSPS) is 17.5. The van der Waals surface area contributed by atoms with Gasteiger partial charge in [0, 0.05) is 24.7 Å². The lowest BCUT2D eigenvalue weighted by Crippen LogP contribution is -2.42. The number of hydrogen-bond acceptors (Lipinski definition) is 3. The Hall–Kier alpha value is -2.37. The summed E-state index contributed by atoms with van der Waals surface area (Å²) in [6.07, 6.45) is 1.97. The van der Waals surface area contributed by atoms with Crippen molar-refractivity contribution < 1.29 is 4.79 Å². The number of carbonyl (C=O) groups excluding carboxylic acids is 1. The van der Waals surface area contributed by atoms with E-state index >= 15 is 0 Å². The topological polar surface area (TPSA) is 50.2 Å². The second-order valence-electron chi connectivity index (χ2n) is 7.68. The van der Waals surface area contributed by atoms with E-state index < -0.39 is 0 Å². The van der Waals surface area contributed by atoms with Gasteiger partial charge in [-0.1, -0.05) is 35.9 Å². The van der Waals surface area contributed by atoms with Gasteiger partial charge in [-0.2, -0.15) is 0 Å². The molecule has 2 aromatic carbocycles. The number of nitrogens with zero attached hydrogens (tertiary/aromatic N) is 3. The van der Waals surface area contributed by atoms with Crippen LogP contribution in [0.3, 0.4) is 0 Å². The molecule has 29 heavy (non-hydrogen) atoms. The predicted octanol–water partition coefficient (Wildman–Crippen LogP) is 4.24. The summed E-state index contributed by atoms with van der Waals surface area (Å²) < 4.78 is 2.28. The zero-order valence-corrected chi connectivity index (χ0v) is 17.5. The van der Waals surface area contributed by atoms with Gasteiger partial charge in [0.05, 0.1) is 23.5 Å². The van der Waals surface area contributed by atoms with Crippen molar-refractivity contribution >= 4 is 28.5 Å². The van der Waals surface area contributed by atoms with Crippen molar-refractivity contribution in [1.29, 1.82) is 0 Å². The molecule has 3 aromatic rings. The first kappa shape index (κ1) is 19.9. The van der Waals surface area contributed by atoms with Crippen LogP contribution >= 0.6 is 11.6 Å². The minimum absolute atomic E-state index is 0.0236. The maximum atomic E-state index is 12.7. The Morgan fingerprint density at radius 1 is 1.21 bits per heavy atom. The molecule has 1 amide bonds. The Bertz CT molecular complexity index is 982. The minimum Gasteiger partial charge on any atom is -0.352 e. The fourth-order valence-electron chi connectivity index (χ4n) is 4.15. The molecule has 6 heteroatoms. The summed E-state index contributed by atoms with van der Waals surface area (Å²) in [7, 11) is 0. The molecule has 1 aliphatic heterocycles. The van der Waals surface area contributed by atoms with Gasteiger partial charge < -0.3 is 9.88 Å². The van der Waals surface area contributed by atoms with Crippen molar-refractivity contribution in [3.8, 4) is 0 Å². The lowest BCUT2D eigenvalue weighted by molar-refractivity contribution is -0.127. The van der Waals surface area contributed by atoms with Crippen LogP contribution in [0.4, 0.5) is 0 Å². The molecule has 1 aromatic heterocycles. The van der Waals surface area contributed by atoms with Gasteiger partial charge in [0.15, 0.2) is 0 Å². The van der Waals surface area contributed by atoms with Gasteiger partial charge >= 0.3 is 0 Å². The number of imidazole rings is 1. The SMILES string of the molecule is CCn1c(CN2CCC[C@@H](C(=O)NCc3ccc(Cl)cc3)C2)nc2ccccc21. The molecule has 0 unspecified atom stereocenters. The predicted molar refractivity (Wildman–Crippen MR) is 117 cm³/mol. The first-order valence-corrected chi connectivity index (χ1v) is 10.7. The molecule has 0 saturated carbocycles. The zero-order valence-electron chi connectivity index (χ0n) is 16.8. The van der Waals surface area contributed by atoms with Crippen LogP contribution in [0.2, 0.25) is 5.02 Å². The molecule has 0 bridgehead atoms. The third kappa shape index (κ3) is 4.62. The summed E-state index contributed by atoms with van der Waals surface area (Å²) >= 11 is 5.93. The number of rotatable bonds is 6. The molecular weight excluding hydrogens is 384 g/mol. The highest BCUT2D eigenvalue weighted by Gasteiger charge is 2.26. The van der Waals surface area contributed by atoms with Crippen LogP contribution in [0.15, 0.2) is 48.5 Å². The highest BCUT2D eigenvalue weighted by molar-refractivity contribution is 6.30. The molecule has 1 fully saturated rings. The largest absolute Gasteiger partial charge is 0.352 e. The van der Waals surface area contributed by atoms with Crippen LogP contribution in [0.5, 0.6) is 0 Å². The van der Waals surface area contributed by atoms with Crippen LogP contribution in [-0.2, 0) is 24.4 Å². The maximum Gasteiger partial charge on any atom is 0.224 e. The molecule has 4 rings (SSSR count). The number of piperidine rings is 1. The molecule has 1 atom stereocenters. The average molecular weight is 411 g/mol. The summed E-state index contributed by atoms with van der Waals surface area (Å²) in [5.41, 5.74) is 3.28. The van der Waals surface area contributed by atoms with Crippen molar-refractivity contribution in [2.45, 2.75) is 39.4 Å². The third-order valence-corrected chi connectivity index (χ3v) is 5.92. The van der Waals surface area contributed by atoms with Crippen LogP contribution in [-0.4, -0.2) is 33.4 Å². The van der Waals surface area contributed by atoms with Crippen molar-refractivity contribution in [3.63, 3.8) is 0 Å². The molecule has 1 aliphatic rings. The van der Waals surface area contributed by atoms with E-state index in [2.05, 4.69) is 39.9 Å². The van der Waals surface area contributed by atoms with E-state index in [9.17, 15) is 4.79 Å². The lowest BCUT2D eigenvalue weighted by Gasteiger charge is -2.31. The van der Waals surface area contributed by atoms with Crippen LogP contribution < -0.4 is 5.32 Å². The number of likely N-dealkylation sites (tertiary alicyclic amines) is 1. The Balaban J connectivity index is 1.38. The molecule has 0 spiro atoms. The van der Waals surface area contributed by atoms with E-state index in [0.29, 0.717) is 11.6 Å². The van der Waals surface area contributed by atoms with Gasteiger partial charge in [-0.3, -0.25) is 9.69 Å². The highest BCUT2D eigenvalue weighted by atomic mass is 35.5.